The van der Waals surface area contributed by atoms with Gasteiger partial charge in [0.15, 0.2) is 0 Å². The van der Waals surface area contributed by atoms with E-state index >= 15 is 0 Å². The van der Waals surface area contributed by atoms with E-state index < -0.39 is 0 Å². The van der Waals surface area contributed by atoms with Gasteiger partial charge in [-0.05, 0) is 23.3 Å². The van der Waals surface area contributed by atoms with E-state index in [0.717, 1.165) is 22.5 Å². The molecule has 9 heteroatoms. The number of nitrogens with two attached hydrogens (primary N) is 2. The van der Waals surface area contributed by atoms with E-state index in [1.165, 1.54) is 0 Å². The van der Waals surface area contributed by atoms with Crippen LogP contribution in [0.2, 0.25) is 0 Å². The molecular weight excluding hydrogens is 424 g/mol. The Labute approximate surface area is 194 Å². The van der Waals surface area contributed by atoms with Crippen LogP contribution in [0.15, 0.2) is 48.5 Å². The van der Waals surface area contributed by atoms with Gasteiger partial charge in [-0.15, -0.1) is 0 Å². The second-order valence-electron chi connectivity index (χ2n) is 7.30. The van der Waals surface area contributed by atoms with Gasteiger partial charge in [0.25, 0.3) is 0 Å². The predicted molar refractivity (Wildman–Crippen MR) is 127 cm³/mol. The molecule has 9 nitrogen and oxygen atoms in total. The van der Waals surface area contributed by atoms with Gasteiger partial charge in [0.05, 0.1) is 26.1 Å². The Morgan fingerprint density at radius 1 is 0.667 bits per heavy atom. The van der Waals surface area contributed by atoms with E-state index in [9.17, 15) is 9.59 Å². The van der Waals surface area contributed by atoms with Crippen LogP contribution in [0.25, 0.3) is 0 Å². The molecule has 0 bridgehead atoms. The number of nitrogen functional groups attached to an aromatic ring is 2. The molecule has 2 aromatic rings. The maximum absolute atomic E-state index is 11.7. The van der Waals surface area contributed by atoms with Crippen molar-refractivity contribution >= 4 is 23.3 Å². The van der Waals surface area contributed by atoms with Crippen molar-refractivity contribution in [3.63, 3.8) is 0 Å². The number of carbonyl (C=O) groups is 2. The molecule has 0 aliphatic rings. The highest BCUT2D eigenvalue weighted by Crippen LogP contribution is 2.10. The lowest BCUT2D eigenvalue weighted by Crippen LogP contribution is -2.21. The maximum atomic E-state index is 11.7. The van der Waals surface area contributed by atoms with Crippen LogP contribution in [0.1, 0.15) is 24.0 Å². The third-order valence-corrected chi connectivity index (χ3v) is 4.73. The third-order valence-electron chi connectivity index (χ3n) is 4.73. The standard InChI is InChI=1S/C24H34N4O5/c25-21-7-3-1-5-19(21)17-27-11-9-23(29)32-15-13-31-14-16-33-24(30)10-12-28-18-20-6-2-4-8-22(20)26/h1-8,27-28H,9-18,25-26H2. The summed E-state index contributed by atoms with van der Waals surface area (Å²) in [5.41, 5.74) is 15.2. The Kier molecular flexibility index (Phi) is 12.4. The number of benzene rings is 2. The molecule has 0 unspecified atom stereocenters. The van der Waals surface area contributed by atoms with Crippen LogP contribution in [-0.2, 0) is 36.9 Å². The molecule has 0 spiro atoms. The first kappa shape index (κ1) is 26.1. The van der Waals surface area contributed by atoms with Crippen LogP contribution in [0.3, 0.4) is 0 Å². The lowest BCUT2D eigenvalue weighted by atomic mass is 10.2. The zero-order chi connectivity index (χ0) is 23.7. The quantitative estimate of drug-likeness (QED) is 0.168. The van der Waals surface area contributed by atoms with Crippen molar-refractivity contribution < 1.29 is 23.8 Å². The van der Waals surface area contributed by atoms with Gasteiger partial charge in [0.2, 0.25) is 0 Å². The predicted octanol–water partition coefficient (Wildman–Crippen LogP) is 1.61. The number of nitrogens with one attached hydrogen (secondary N) is 2. The zero-order valence-electron chi connectivity index (χ0n) is 18.9. The van der Waals surface area contributed by atoms with Gasteiger partial charge in [0, 0.05) is 37.6 Å². The number of rotatable bonds is 16. The highest BCUT2D eigenvalue weighted by molar-refractivity contribution is 5.69. The lowest BCUT2D eigenvalue weighted by molar-refractivity contribution is -0.146. The Morgan fingerprint density at radius 3 is 1.52 bits per heavy atom. The van der Waals surface area contributed by atoms with Gasteiger partial charge >= 0.3 is 11.9 Å². The summed E-state index contributed by atoms with van der Waals surface area (Å²) in [5, 5.41) is 6.32. The first-order chi connectivity index (χ1) is 16.1. The summed E-state index contributed by atoms with van der Waals surface area (Å²) in [6.45, 7) is 3.00. The summed E-state index contributed by atoms with van der Waals surface area (Å²) < 4.78 is 15.5. The van der Waals surface area contributed by atoms with E-state index in [-0.39, 0.29) is 51.2 Å². The summed E-state index contributed by atoms with van der Waals surface area (Å²) in [6, 6.07) is 15.2. The van der Waals surface area contributed by atoms with Crippen LogP contribution in [-0.4, -0.2) is 51.5 Å². The van der Waals surface area contributed by atoms with Gasteiger partial charge in [-0.2, -0.15) is 0 Å². The molecule has 6 N–H and O–H groups in total. The molecule has 0 heterocycles. The Bertz CT molecular complexity index is 793. The molecule has 180 valence electrons. The molecule has 33 heavy (non-hydrogen) atoms. The summed E-state index contributed by atoms with van der Waals surface area (Å²) in [4.78, 5) is 23.4. The molecule has 0 saturated carbocycles. The van der Waals surface area contributed by atoms with Crippen molar-refractivity contribution in [3.8, 4) is 0 Å². The van der Waals surface area contributed by atoms with Crippen LogP contribution in [0.5, 0.6) is 0 Å². The molecule has 0 radical (unpaired) electrons. The normalized spacial score (nSPS) is 10.7. The zero-order valence-corrected chi connectivity index (χ0v) is 18.9. The van der Waals surface area contributed by atoms with Gasteiger partial charge in [0.1, 0.15) is 13.2 Å². The fourth-order valence-corrected chi connectivity index (χ4v) is 2.89. The topological polar surface area (TPSA) is 138 Å². The lowest BCUT2D eigenvalue weighted by Gasteiger charge is -2.09. The van der Waals surface area contributed by atoms with Crippen LogP contribution >= 0.6 is 0 Å². The second kappa shape index (κ2) is 15.6. The van der Waals surface area contributed by atoms with E-state index in [2.05, 4.69) is 10.6 Å². The van der Waals surface area contributed by atoms with Crippen molar-refractivity contribution in [3.05, 3.63) is 59.7 Å². The molecule has 0 fully saturated rings. The second-order valence-corrected chi connectivity index (χ2v) is 7.30. The minimum absolute atomic E-state index is 0.158. The molecule has 0 saturated heterocycles. The fourth-order valence-electron chi connectivity index (χ4n) is 2.89. The molecule has 2 aromatic carbocycles. The van der Waals surface area contributed by atoms with Gasteiger partial charge in [-0.25, -0.2) is 0 Å². The fraction of sp³-hybridized carbons (Fsp3) is 0.417. The van der Waals surface area contributed by atoms with Gasteiger partial charge < -0.3 is 36.3 Å². The van der Waals surface area contributed by atoms with Crippen molar-refractivity contribution in [2.45, 2.75) is 25.9 Å². The molecule has 0 aliphatic heterocycles. The highest BCUT2D eigenvalue weighted by atomic mass is 16.6. The first-order valence-electron chi connectivity index (χ1n) is 11.0. The maximum Gasteiger partial charge on any atom is 0.307 e. The minimum atomic E-state index is -0.302. The molecular formula is C24H34N4O5. The highest BCUT2D eigenvalue weighted by Gasteiger charge is 2.05. The van der Waals surface area contributed by atoms with E-state index in [1.54, 1.807) is 0 Å². The molecule has 0 aromatic heterocycles. The number of carbonyl (C=O) groups excluding carboxylic acids is 2. The van der Waals surface area contributed by atoms with Crippen LogP contribution in [0, 0.1) is 0 Å². The summed E-state index contributed by atoms with van der Waals surface area (Å²) in [5.74, 6) is -0.605. The summed E-state index contributed by atoms with van der Waals surface area (Å²) in [6.07, 6.45) is 0.518. The molecule has 0 atom stereocenters. The number of para-hydroxylation sites is 2. The van der Waals surface area contributed by atoms with Crippen molar-refractivity contribution in [2.75, 3.05) is 51.0 Å². The molecule has 0 amide bonds. The van der Waals surface area contributed by atoms with E-state index in [0.29, 0.717) is 26.2 Å². The van der Waals surface area contributed by atoms with Gasteiger partial charge in [-0.1, -0.05) is 36.4 Å². The largest absolute Gasteiger partial charge is 0.463 e. The number of anilines is 2. The summed E-state index contributed by atoms with van der Waals surface area (Å²) >= 11 is 0. The monoisotopic (exact) mass is 458 g/mol. The van der Waals surface area contributed by atoms with Crippen molar-refractivity contribution in [1.82, 2.24) is 10.6 Å². The third kappa shape index (κ3) is 11.3. The Balaban J connectivity index is 1.38. The summed E-state index contributed by atoms with van der Waals surface area (Å²) in [7, 11) is 0. The van der Waals surface area contributed by atoms with Crippen LogP contribution < -0.4 is 22.1 Å². The number of hydrogen-bond donors (Lipinski definition) is 4. The van der Waals surface area contributed by atoms with Crippen molar-refractivity contribution in [2.24, 2.45) is 0 Å². The number of esters is 2. The smallest absolute Gasteiger partial charge is 0.307 e. The van der Waals surface area contributed by atoms with Gasteiger partial charge in [-0.3, -0.25) is 9.59 Å². The average molecular weight is 459 g/mol. The number of hydrogen-bond acceptors (Lipinski definition) is 9. The Hall–Kier alpha value is -3.14. The number of ether oxygens (including phenoxy) is 3. The van der Waals surface area contributed by atoms with E-state index in [1.807, 2.05) is 48.5 Å². The SMILES string of the molecule is Nc1ccccc1CNCCC(=O)OCCOCCOC(=O)CCNCc1ccccc1N. The first-order valence-corrected chi connectivity index (χ1v) is 11.0. The Morgan fingerprint density at radius 2 is 1.09 bits per heavy atom. The average Bonchev–Trinajstić information content (AvgIpc) is 2.81. The van der Waals surface area contributed by atoms with E-state index in [4.69, 9.17) is 25.7 Å². The van der Waals surface area contributed by atoms with Crippen LogP contribution in [0.4, 0.5) is 11.4 Å². The molecule has 0 aliphatic carbocycles. The minimum Gasteiger partial charge on any atom is -0.463 e. The van der Waals surface area contributed by atoms with Crippen molar-refractivity contribution in [1.29, 1.82) is 0 Å². The molecule has 2 rings (SSSR count).